The number of urea groups is 1. The molecule has 0 unspecified atom stereocenters. The van der Waals surface area contributed by atoms with Gasteiger partial charge in [-0.1, -0.05) is 41.4 Å². The van der Waals surface area contributed by atoms with E-state index >= 15 is 0 Å². The molecular weight excluding hydrogens is 421 g/mol. The summed E-state index contributed by atoms with van der Waals surface area (Å²) in [6.07, 6.45) is 1.99. The van der Waals surface area contributed by atoms with Crippen LogP contribution in [-0.4, -0.2) is 36.2 Å². The molecule has 0 aliphatic carbocycles. The molecule has 30 heavy (non-hydrogen) atoms. The second kappa shape index (κ2) is 10.9. The SMILES string of the molecule is CC(C)Oc1ccc(CN(Cc2ccc(Cl)cc2Cl)C(=O)NC2CCNCC2)cc1. The van der Waals surface area contributed by atoms with E-state index in [0.717, 1.165) is 42.8 Å². The lowest BCUT2D eigenvalue weighted by molar-refractivity contribution is 0.185. The lowest BCUT2D eigenvalue weighted by Gasteiger charge is -2.29. The van der Waals surface area contributed by atoms with Crippen LogP contribution in [0, 0.1) is 0 Å². The maximum absolute atomic E-state index is 13.1. The molecule has 1 heterocycles. The number of hydrogen-bond acceptors (Lipinski definition) is 3. The molecule has 0 saturated carbocycles. The number of nitrogens with one attached hydrogen (secondary N) is 2. The fraction of sp³-hybridized carbons (Fsp3) is 0.435. The van der Waals surface area contributed by atoms with Crippen LogP contribution in [0.2, 0.25) is 10.0 Å². The van der Waals surface area contributed by atoms with E-state index in [1.807, 2.05) is 44.2 Å². The molecule has 1 aliphatic rings. The summed E-state index contributed by atoms with van der Waals surface area (Å²) in [5.41, 5.74) is 1.89. The van der Waals surface area contributed by atoms with E-state index < -0.39 is 0 Å². The van der Waals surface area contributed by atoms with Gasteiger partial charge in [-0.05, 0) is 75.2 Å². The van der Waals surface area contributed by atoms with Crippen molar-refractivity contribution in [3.05, 3.63) is 63.6 Å². The number of benzene rings is 2. The van der Waals surface area contributed by atoms with Crippen LogP contribution < -0.4 is 15.4 Å². The minimum atomic E-state index is -0.0876. The maximum atomic E-state index is 13.1. The molecule has 1 aliphatic heterocycles. The molecule has 1 fully saturated rings. The van der Waals surface area contributed by atoms with Gasteiger partial charge in [-0.3, -0.25) is 0 Å². The third-order valence-electron chi connectivity index (χ3n) is 5.00. The molecule has 1 saturated heterocycles. The number of piperidine rings is 1. The standard InChI is InChI=1S/C23H29Cl2N3O2/c1-16(2)30-21-7-3-17(4-8-21)14-28(15-18-5-6-19(24)13-22(18)25)23(29)27-20-9-11-26-12-10-20/h3-8,13,16,20,26H,9-12,14-15H2,1-2H3,(H,27,29). The molecule has 2 amide bonds. The molecular formula is C23H29Cl2N3O2. The van der Waals surface area contributed by atoms with Crippen molar-refractivity contribution in [2.45, 2.75) is 51.9 Å². The number of ether oxygens (including phenoxy) is 1. The molecule has 0 spiro atoms. The van der Waals surface area contributed by atoms with Crippen LogP contribution in [0.25, 0.3) is 0 Å². The van der Waals surface area contributed by atoms with Gasteiger partial charge in [0.2, 0.25) is 0 Å². The van der Waals surface area contributed by atoms with Gasteiger partial charge in [0.1, 0.15) is 5.75 Å². The predicted octanol–water partition coefficient (Wildman–Crippen LogP) is 5.24. The first-order valence-electron chi connectivity index (χ1n) is 10.4. The highest BCUT2D eigenvalue weighted by Gasteiger charge is 2.21. The minimum absolute atomic E-state index is 0.0876. The van der Waals surface area contributed by atoms with Gasteiger partial charge in [-0.2, -0.15) is 0 Å². The van der Waals surface area contributed by atoms with E-state index in [2.05, 4.69) is 10.6 Å². The Morgan fingerprint density at radius 1 is 1.13 bits per heavy atom. The summed E-state index contributed by atoms with van der Waals surface area (Å²) in [5, 5.41) is 7.64. The van der Waals surface area contributed by atoms with Crippen LogP contribution in [0.3, 0.4) is 0 Å². The number of rotatable bonds is 7. The first-order valence-corrected chi connectivity index (χ1v) is 11.1. The van der Waals surface area contributed by atoms with Gasteiger partial charge in [-0.25, -0.2) is 4.79 Å². The average Bonchev–Trinajstić information content (AvgIpc) is 2.71. The summed E-state index contributed by atoms with van der Waals surface area (Å²) >= 11 is 12.4. The van der Waals surface area contributed by atoms with Crippen molar-refractivity contribution in [2.75, 3.05) is 13.1 Å². The average molecular weight is 450 g/mol. The Bertz CT molecular complexity index is 837. The Kier molecular flexibility index (Phi) is 8.25. The Morgan fingerprint density at radius 3 is 2.47 bits per heavy atom. The molecule has 2 aromatic carbocycles. The summed E-state index contributed by atoms with van der Waals surface area (Å²) in [6.45, 7) is 6.71. The van der Waals surface area contributed by atoms with Gasteiger partial charge >= 0.3 is 6.03 Å². The number of carbonyl (C=O) groups excluding carboxylic acids is 1. The van der Waals surface area contributed by atoms with Crippen molar-refractivity contribution >= 4 is 29.2 Å². The van der Waals surface area contributed by atoms with Crippen molar-refractivity contribution < 1.29 is 9.53 Å². The zero-order chi connectivity index (χ0) is 21.5. The number of nitrogens with zero attached hydrogens (tertiary/aromatic N) is 1. The fourth-order valence-corrected chi connectivity index (χ4v) is 3.92. The summed E-state index contributed by atoms with van der Waals surface area (Å²) < 4.78 is 5.72. The smallest absolute Gasteiger partial charge is 0.318 e. The highest BCUT2D eigenvalue weighted by atomic mass is 35.5. The molecule has 0 bridgehead atoms. The number of hydrogen-bond donors (Lipinski definition) is 2. The zero-order valence-electron chi connectivity index (χ0n) is 17.5. The molecule has 3 rings (SSSR count). The summed E-state index contributed by atoms with van der Waals surface area (Å²) in [6, 6.07) is 13.3. The van der Waals surface area contributed by atoms with E-state index in [9.17, 15) is 4.79 Å². The molecule has 0 aromatic heterocycles. The van der Waals surface area contributed by atoms with Crippen LogP contribution in [0.1, 0.15) is 37.8 Å². The normalized spacial score (nSPS) is 14.6. The van der Waals surface area contributed by atoms with Gasteiger partial charge in [0.25, 0.3) is 0 Å². The highest BCUT2D eigenvalue weighted by molar-refractivity contribution is 6.35. The van der Waals surface area contributed by atoms with E-state index in [1.54, 1.807) is 17.0 Å². The highest BCUT2D eigenvalue weighted by Crippen LogP contribution is 2.24. The van der Waals surface area contributed by atoms with Crippen LogP contribution in [0.5, 0.6) is 5.75 Å². The van der Waals surface area contributed by atoms with Crippen LogP contribution >= 0.6 is 23.2 Å². The number of amides is 2. The Morgan fingerprint density at radius 2 is 1.83 bits per heavy atom. The van der Waals surface area contributed by atoms with Gasteiger partial charge < -0.3 is 20.3 Å². The van der Waals surface area contributed by atoms with Crippen LogP contribution in [0.15, 0.2) is 42.5 Å². The van der Waals surface area contributed by atoms with Gasteiger partial charge in [0.05, 0.1) is 6.10 Å². The fourth-order valence-electron chi connectivity index (χ4n) is 3.45. The number of carbonyl (C=O) groups is 1. The minimum Gasteiger partial charge on any atom is -0.491 e. The molecule has 5 nitrogen and oxygen atoms in total. The summed E-state index contributed by atoms with van der Waals surface area (Å²) in [5.74, 6) is 0.820. The predicted molar refractivity (Wildman–Crippen MR) is 122 cm³/mol. The third-order valence-corrected chi connectivity index (χ3v) is 5.59. The quantitative estimate of drug-likeness (QED) is 0.606. The Hall–Kier alpha value is -1.95. The first-order chi connectivity index (χ1) is 14.4. The first kappa shape index (κ1) is 22.7. The molecule has 7 heteroatoms. The molecule has 0 atom stereocenters. The van der Waals surface area contributed by atoms with Crippen molar-refractivity contribution in [1.82, 2.24) is 15.5 Å². The second-order valence-electron chi connectivity index (χ2n) is 7.88. The lowest BCUT2D eigenvalue weighted by Crippen LogP contribution is -2.48. The van der Waals surface area contributed by atoms with Crippen molar-refractivity contribution in [3.8, 4) is 5.75 Å². The molecule has 162 valence electrons. The lowest BCUT2D eigenvalue weighted by atomic mass is 10.1. The van der Waals surface area contributed by atoms with E-state index in [4.69, 9.17) is 27.9 Å². The molecule has 2 aromatic rings. The Labute approximate surface area is 188 Å². The van der Waals surface area contributed by atoms with E-state index in [1.165, 1.54) is 0 Å². The zero-order valence-corrected chi connectivity index (χ0v) is 19.0. The van der Waals surface area contributed by atoms with Crippen molar-refractivity contribution in [1.29, 1.82) is 0 Å². The monoisotopic (exact) mass is 449 g/mol. The summed E-state index contributed by atoms with van der Waals surface area (Å²) in [7, 11) is 0. The molecule has 2 N–H and O–H groups in total. The third kappa shape index (κ3) is 6.79. The van der Waals surface area contributed by atoms with Crippen molar-refractivity contribution in [2.24, 2.45) is 0 Å². The van der Waals surface area contributed by atoms with Gasteiger partial charge in [0.15, 0.2) is 0 Å². The maximum Gasteiger partial charge on any atom is 0.318 e. The van der Waals surface area contributed by atoms with Gasteiger partial charge in [-0.15, -0.1) is 0 Å². The summed E-state index contributed by atoms with van der Waals surface area (Å²) in [4.78, 5) is 14.9. The molecule has 0 radical (unpaired) electrons. The van der Waals surface area contributed by atoms with Crippen LogP contribution in [-0.2, 0) is 13.1 Å². The topological polar surface area (TPSA) is 53.6 Å². The largest absolute Gasteiger partial charge is 0.491 e. The Balaban J connectivity index is 1.74. The number of halogens is 2. The second-order valence-corrected chi connectivity index (χ2v) is 8.72. The van der Waals surface area contributed by atoms with E-state index in [0.29, 0.717) is 23.1 Å². The van der Waals surface area contributed by atoms with Crippen LogP contribution in [0.4, 0.5) is 4.79 Å². The van der Waals surface area contributed by atoms with Crippen molar-refractivity contribution in [3.63, 3.8) is 0 Å². The van der Waals surface area contributed by atoms with E-state index in [-0.39, 0.29) is 18.2 Å². The van der Waals surface area contributed by atoms with Gasteiger partial charge in [0, 0.05) is 29.2 Å².